The van der Waals surface area contributed by atoms with E-state index in [1.165, 1.54) is 0 Å². The van der Waals surface area contributed by atoms with Crippen molar-refractivity contribution in [2.45, 2.75) is 39.2 Å². The van der Waals surface area contributed by atoms with Gasteiger partial charge >= 0.3 is 5.97 Å². The van der Waals surface area contributed by atoms with Gasteiger partial charge < -0.3 is 9.84 Å². The van der Waals surface area contributed by atoms with Crippen molar-refractivity contribution in [3.63, 3.8) is 0 Å². The number of hydrogen-bond donors (Lipinski definition) is 1. The zero-order valence-corrected chi connectivity index (χ0v) is 12.3. The number of likely N-dealkylation sites (tertiary alicyclic amines) is 1. The molecule has 4 nitrogen and oxygen atoms in total. The zero-order chi connectivity index (χ0) is 14.5. The predicted molar refractivity (Wildman–Crippen MR) is 78.3 cm³/mol. The summed E-state index contributed by atoms with van der Waals surface area (Å²) < 4.78 is 5.85. The molecule has 0 unspecified atom stereocenters. The lowest BCUT2D eigenvalue weighted by Gasteiger charge is -2.21. The fourth-order valence-corrected chi connectivity index (χ4v) is 2.84. The van der Waals surface area contributed by atoms with Crippen molar-refractivity contribution in [2.24, 2.45) is 0 Å². The van der Waals surface area contributed by atoms with Gasteiger partial charge in [0.1, 0.15) is 11.8 Å². The van der Waals surface area contributed by atoms with Gasteiger partial charge in [-0.1, -0.05) is 18.2 Å². The Balaban J connectivity index is 1.78. The van der Waals surface area contributed by atoms with Crippen LogP contribution in [-0.4, -0.2) is 41.7 Å². The van der Waals surface area contributed by atoms with E-state index in [1.807, 2.05) is 32.0 Å². The van der Waals surface area contributed by atoms with E-state index in [2.05, 4.69) is 4.90 Å². The van der Waals surface area contributed by atoms with Crippen LogP contribution in [0.1, 0.15) is 30.4 Å². The molecule has 1 heterocycles. The van der Waals surface area contributed by atoms with Gasteiger partial charge in [-0.2, -0.15) is 0 Å². The SMILES string of the molecule is Cc1cccc(C)c1OCCCN1CCC[C@H]1C(=O)O. The number of aryl methyl sites for hydroxylation is 2. The summed E-state index contributed by atoms with van der Waals surface area (Å²) >= 11 is 0. The highest BCUT2D eigenvalue weighted by atomic mass is 16.5. The van der Waals surface area contributed by atoms with Crippen molar-refractivity contribution in [2.75, 3.05) is 19.7 Å². The minimum absolute atomic E-state index is 0.296. The summed E-state index contributed by atoms with van der Waals surface area (Å²) in [6, 6.07) is 5.82. The minimum atomic E-state index is -0.696. The first-order chi connectivity index (χ1) is 9.59. The molecule has 1 N–H and O–H groups in total. The van der Waals surface area contributed by atoms with Crippen molar-refractivity contribution < 1.29 is 14.6 Å². The summed E-state index contributed by atoms with van der Waals surface area (Å²) in [4.78, 5) is 13.1. The summed E-state index contributed by atoms with van der Waals surface area (Å²) in [5.74, 6) is 0.266. The average Bonchev–Trinajstić information content (AvgIpc) is 2.86. The third-order valence-electron chi connectivity index (χ3n) is 3.89. The van der Waals surface area contributed by atoms with E-state index in [1.54, 1.807) is 0 Å². The van der Waals surface area contributed by atoms with Crippen LogP contribution in [0, 0.1) is 13.8 Å². The summed E-state index contributed by atoms with van der Waals surface area (Å²) in [6.45, 7) is 6.41. The van der Waals surface area contributed by atoms with E-state index < -0.39 is 5.97 Å². The molecule has 0 bridgehead atoms. The van der Waals surface area contributed by atoms with Gasteiger partial charge in [0.2, 0.25) is 0 Å². The van der Waals surface area contributed by atoms with Gasteiger partial charge in [0.05, 0.1) is 6.61 Å². The molecule has 0 aromatic heterocycles. The number of aliphatic carboxylic acids is 1. The molecule has 0 radical (unpaired) electrons. The summed E-state index contributed by atoms with van der Waals surface area (Å²) in [5.41, 5.74) is 2.30. The summed E-state index contributed by atoms with van der Waals surface area (Å²) in [5, 5.41) is 9.12. The average molecular weight is 277 g/mol. The number of nitrogens with zero attached hydrogens (tertiary/aromatic N) is 1. The Labute approximate surface area is 120 Å². The lowest BCUT2D eigenvalue weighted by molar-refractivity contribution is -0.142. The van der Waals surface area contributed by atoms with E-state index in [9.17, 15) is 4.79 Å². The van der Waals surface area contributed by atoms with Crippen LogP contribution in [0.2, 0.25) is 0 Å². The fraction of sp³-hybridized carbons (Fsp3) is 0.562. The molecule has 0 aliphatic carbocycles. The van der Waals surface area contributed by atoms with Gasteiger partial charge in [0.25, 0.3) is 0 Å². The zero-order valence-electron chi connectivity index (χ0n) is 12.3. The van der Waals surface area contributed by atoms with Crippen LogP contribution in [-0.2, 0) is 4.79 Å². The highest BCUT2D eigenvalue weighted by Crippen LogP contribution is 2.23. The first kappa shape index (κ1) is 14.9. The highest BCUT2D eigenvalue weighted by molar-refractivity contribution is 5.73. The van der Waals surface area contributed by atoms with Crippen LogP contribution >= 0.6 is 0 Å². The van der Waals surface area contributed by atoms with Crippen molar-refractivity contribution in [1.82, 2.24) is 4.90 Å². The smallest absolute Gasteiger partial charge is 0.320 e. The molecule has 1 saturated heterocycles. The van der Waals surface area contributed by atoms with E-state index >= 15 is 0 Å². The third-order valence-corrected chi connectivity index (χ3v) is 3.89. The first-order valence-corrected chi connectivity index (χ1v) is 7.25. The second-order valence-corrected chi connectivity index (χ2v) is 5.46. The van der Waals surface area contributed by atoms with Crippen molar-refractivity contribution in [3.8, 4) is 5.75 Å². The normalized spacial score (nSPS) is 19.2. The molecular weight excluding hydrogens is 254 g/mol. The molecule has 0 saturated carbocycles. The lowest BCUT2D eigenvalue weighted by Crippen LogP contribution is -2.36. The molecule has 110 valence electrons. The lowest BCUT2D eigenvalue weighted by atomic mass is 10.1. The summed E-state index contributed by atoms with van der Waals surface area (Å²) in [6.07, 6.45) is 2.61. The Morgan fingerprint density at radius 1 is 1.40 bits per heavy atom. The van der Waals surface area contributed by atoms with Gasteiger partial charge in [-0.25, -0.2) is 0 Å². The Hall–Kier alpha value is -1.55. The van der Waals surface area contributed by atoms with Gasteiger partial charge in [0, 0.05) is 6.54 Å². The quantitative estimate of drug-likeness (QED) is 0.812. The highest BCUT2D eigenvalue weighted by Gasteiger charge is 2.29. The largest absolute Gasteiger partial charge is 0.493 e. The van der Waals surface area contributed by atoms with E-state index in [-0.39, 0.29) is 6.04 Å². The second kappa shape index (κ2) is 6.75. The van der Waals surface area contributed by atoms with Crippen LogP contribution < -0.4 is 4.74 Å². The molecule has 2 rings (SSSR count). The number of para-hydroxylation sites is 1. The third kappa shape index (κ3) is 3.51. The number of carboxylic acid groups (broad SMARTS) is 1. The van der Waals surface area contributed by atoms with E-state index in [4.69, 9.17) is 9.84 Å². The molecule has 0 amide bonds. The van der Waals surface area contributed by atoms with Crippen molar-refractivity contribution >= 4 is 5.97 Å². The number of rotatable bonds is 6. The Morgan fingerprint density at radius 3 is 2.75 bits per heavy atom. The van der Waals surface area contributed by atoms with Gasteiger partial charge in [-0.15, -0.1) is 0 Å². The standard InChI is InChI=1S/C16H23NO3/c1-12-6-3-7-13(2)15(12)20-11-5-10-17-9-4-8-14(17)16(18)19/h3,6-7,14H,4-5,8-11H2,1-2H3,(H,18,19)/t14-/m0/s1. The van der Waals surface area contributed by atoms with Crippen LogP contribution in [0.15, 0.2) is 18.2 Å². The van der Waals surface area contributed by atoms with Crippen molar-refractivity contribution in [3.05, 3.63) is 29.3 Å². The van der Waals surface area contributed by atoms with Crippen LogP contribution in [0.5, 0.6) is 5.75 Å². The van der Waals surface area contributed by atoms with Crippen LogP contribution in [0.25, 0.3) is 0 Å². The molecule has 4 heteroatoms. The molecular formula is C16H23NO3. The van der Waals surface area contributed by atoms with Gasteiger partial charge in [0.15, 0.2) is 0 Å². The second-order valence-electron chi connectivity index (χ2n) is 5.46. The molecule has 1 aliphatic rings. The predicted octanol–water partition coefficient (Wildman–Crippen LogP) is 2.62. The van der Waals surface area contributed by atoms with Gasteiger partial charge in [-0.05, 0) is 50.8 Å². The van der Waals surface area contributed by atoms with Gasteiger partial charge in [-0.3, -0.25) is 9.69 Å². The minimum Gasteiger partial charge on any atom is -0.493 e. The number of ether oxygens (including phenoxy) is 1. The number of carbonyl (C=O) groups is 1. The molecule has 1 aliphatic heterocycles. The molecule has 1 fully saturated rings. The molecule has 0 spiro atoms. The topological polar surface area (TPSA) is 49.8 Å². The Morgan fingerprint density at radius 2 is 2.10 bits per heavy atom. The number of hydrogen-bond acceptors (Lipinski definition) is 3. The van der Waals surface area contributed by atoms with E-state index in [0.29, 0.717) is 6.61 Å². The Kier molecular flexibility index (Phi) is 5.01. The Bertz CT molecular complexity index is 453. The molecule has 1 atom stereocenters. The molecule has 20 heavy (non-hydrogen) atoms. The maximum absolute atomic E-state index is 11.1. The van der Waals surface area contributed by atoms with Crippen LogP contribution in [0.4, 0.5) is 0 Å². The monoisotopic (exact) mass is 277 g/mol. The van der Waals surface area contributed by atoms with Crippen LogP contribution in [0.3, 0.4) is 0 Å². The molecule has 1 aromatic rings. The summed E-state index contributed by atoms with van der Waals surface area (Å²) in [7, 11) is 0. The maximum Gasteiger partial charge on any atom is 0.320 e. The number of benzene rings is 1. The first-order valence-electron chi connectivity index (χ1n) is 7.25. The molecule has 1 aromatic carbocycles. The maximum atomic E-state index is 11.1. The fourth-order valence-electron chi connectivity index (χ4n) is 2.84. The van der Waals surface area contributed by atoms with E-state index in [0.717, 1.165) is 49.2 Å². The van der Waals surface area contributed by atoms with Crippen molar-refractivity contribution in [1.29, 1.82) is 0 Å². The number of carboxylic acids is 1.